The summed E-state index contributed by atoms with van der Waals surface area (Å²) in [5.74, 6) is -0.433. The van der Waals surface area contributed by atoms with E-state index in [0.29, 0.717) is 17.1 Å². The van der Waals surface area contributed by atoms with Crippen molar-refractivity contribution in [2.24, 2.45) is 0 Å². The molecule has 0 unspecified atom stereocenters. The van der Waals surface area contributed by atoms with Crippen LogP contribution in [0.1, 0.15) is 17.3 Å². The zero-order valence-corrected chi connectivity index (χ0v) is 18.1. The number of sulfonamides is 1. The maximum absolute atomic E-state index is 13.3. The normalized spacial score (nSPS) is 11.2. The Morgan fingerprint density at radius 1 is 1.00 bits per heavy atom. The highest BCUT2D eigenvalue weighted by molar-refractivity contribution is 7.92. The molecule has 0 aliphatic heterocycles. The fraction of sp³-hybridized carbons (Fsp3) is 0.0870. The van der Waals surface area contributed by atoms with Gasteiger partial charge in [-0.1, -0.05) is 41.6 Å². The number of aromatic nitrogens is 3. The third-order valence-corrected chi connectivity index (χ3v) is 6.74. The van der Waals surface area contributed by atoms with E-state index in [9.17, 15) is 13.2 Å². The van der Waals surface area contributed by atoms with Crippen molar-refractivity contribution in [3.63, 3.8) is 0 Å². The van der Waals surface area contributed by atoms with Crippen LogP contribution in [-0.2, 0) is 10.0 Å². The van der Waals surface area contributed by atoms with Gasteiger partial charge in [0.15, 0.2) is 0 Å². The molecule has 1 amide bonds. The highest BCUT2D eigenvalue weighted by Gasteiger charge is 2.24. The second-order valence-corrected chi connectivity index (χ2v) is 8.71. The number of carbonyl (C=O) groups is 1. The van der Waals surface area contributed by atoms with Crippen LogP contribution in [0.3, 0.4) is 0 Å². The number of hydrogen-bond donors (Lipinski definition) is 1. The van der Waals surface area contributed by atoms with E-state index in [0.717, 1.165) is 0 Å². The molecule has 1 aromatic heterocycles. The van der Waals surface area contributed by atoms with Crippen LogP contribution < -0.4 is 9.62 Å². The number of benzene rings is 3. The highest BCUT2D eigenvalue weighted by atomic mass is 32.2. The number of para-hydroxylation sites is 3. The molecule has 4 aromatic rings. The van der Waals surface area contributed by atoms with Gasteiger partial charge in [0.2, 0.25) is 0 Å². The minimum absolute atomic E-state index is 0.0421. The molecule has 1 N–H and O–H groups in total. The van der Waals surface area contributed by atoms with Gasteiger partial charge >= 0.3 is 0 Å². The van der Waals surface area contributed by atoms with Crippen molar-refractivity contribution in [1.29, 1.82) is 0 Å². The third-order valence-electron chi connectivity index (χ3n) is 4.84. The molecule has 4 rings (SSSR count). The zero-order valence-electron chi connectivity index (χ0n) is 17.3. The summed E-state index contributed by atoms with van der Waals surface area (Å²) >= 11 is 0. The molecule has 0 radical (unpaired) electrons. The first kappa shape index (κ1) is 21.3. The van der Waals surface area contributed by atoms with Crippen LogP contribution in [0.4, 0.5) is 11.4 Å². The molecule has 9 heteroatoms. The van der Waals surface area contributed by atoms with E-state index in [1.165, 1.54) is 21.1 Å². The first-order chi connectivity index (χ1) is 15.5. The topological polar surface area (TPSA) is 97.2 Å². The molecule has 3 aromatic carbocycles. The van der Waals surface area contributed by atoms with Gasteiger partial charge in [-0.05, 0) is 49.4 Å². The molecule has 0 spiro atoms. The lowest BCUT2D eigenvalue weighted by Crippen LogP contribution is -2.31. The summed E-state index contributed by atoms with van der Waals surface area (Å²) in [7, 11) is -3.85. The summed E-state index contributed by atoms with van der Waals surface area (Å²) in [6.45, 7) is 2.02. The SMILES string of the molecule is CCN(c1ccccc1)S(=O)(=O)c1cccc(C(=O)Nc2ccccc2-n2ccnn2)c1. The molecule has 0 saturated carbocycles. The zero-order chi connectivity index (χ0) is 22.6. The summed E-state index contributed by atoms with van der Waals surface area (Å²) in [5, 5.41) is 10.6. The monoisotopic (exact) mass is 447 g/mol. The fourth-order valence-corrected chi connectivity index (χ4v) is 4.84. The minimum atomic E-state index is -3.85. The van der Waals surface area contributed by atoms with Crippen molar-refractivity contribution in [2.45, 2.75) is 11.8 Å². The minimum Gasteiger partial charge on any atom is -0.320 e. The van der Waals surface area contributed by atoms with Crippen molar-refractivity contribution in [3.8, 4) is 5.69 Å². The Bertz CT molecular complexity index is 1320. The maximum Gasteiger partial charge on any atom is 0.264 e. The molecule has 1 heterocycles. The summed E-state index contributed by atoms with van der Waals surface area (Å²) in [5.41, 5.74) is 1.95. The lowest BCUT2D eigenvalue weighted by molar-refractivity contribution is 0.102. The number of anilines is 2. The second-order valence-electron chi connectivity index (χ2n) is 6.85. The van der Waals surface area contributed by atoms with E-state index < -0.39 is 15.9 Å². The Morgan fingerprint density at radius 2 is 1.75 bits per heavy atom. The Morgan fingerprint density at radius 3 is 2.47 bits per heavy atom. The van der Waals surface area contributed by atoms with Crippen LogP contribution in [0.5, 0.6) is 0 Å². The van der Waals surface area contributed by atoms with Gasteiger partial charge in [0.05, 0.1) is 34.4 Å². The van der Waals surface area contributed by atoms with Crippen molar-refractivity contribution in [3.05, 3.63) is 96.8 Å². The molecule has 162 valence electrons. The van der Waals surface area contributed by atoms with Crippen molar-refractivity contribution in [1.82, 2.24) is 15.0 Å². The number of amides is 1. The Kier molecular flexibility index (Phi) is 6.00. The molecule has 0 saturated heterocycles. The lowest BCUT2D eigenvalue weighted by Gasteiger charge is -2.23. The number of nitrogens with zero attached hydrogens (tertiary/aromatic N) is 4. The van der Waals surface area contributed by atoms with E-state index in [1.54, 1.807) is 73.9 Å². The van der Waals surface area contributed by atoms with Crippen molar-refractivity contribution < 1.29 is 13.2 Å². The summed E-state index contributed by atoms with van der Waals surface area (Å²) in [6.07, 6.45) is 3.21. The Balaban J connectivity index is 1.63. The molecule has 32 heavy (non-hydrogen) atoms. The van der Waals surface area contributed by atoms with E-state index >= 15 is 0 Å². The standard InChI is InChI=1S/C23H21N5O3S/c1-2-28(19-10-4-3-5-11-19)32(30,31)20-12-8-9-18(17-20)23(29)25-21-13-6-7-14-22(21)27-16-15-24-26-27/h3-17H,2H2,1H3,(H,25,29). The first-order valence-corrected chi connectivity index (χ1v) is 11.4. The smallest absolute Gasteiger partial charge is 0.264 e. The molecule has 8 nitrogen and oxygen atoms in total. The molecular weight excluding hydrogens is 426 g/mol. The number of nitrogens with one attached hydrogen (secondary N) is 1. The van der Waals surface area contributed by atoms with Gasteiger partial charge in [0.25, 0.3) is 15.9 Å². The maximum atomic E-state index is 13.3. The predicted octanol–water partition coefficient (Wildman–Crippen LogP) is 3.73. The molecule has 0 atom stereocenters. The molecule has 0 fully saturated rings. The lowest BCUT2D eigenvalue weighted by atomic mass is 10.2. The quantitative estimate of drug-likeness (QED) is 0.466. The average molecular weight is 448 g/mol. The fourth-order valence-electron chi connectivity index (χ4n) is 3.32. The van der Waals surface area contributed by atoms with Gasteiger partial charge in [0, 0.05) is 12.1 Å². The van der Waals surface area contributed by atoms with Crippen molar-refractivity contribution in [2.75, 3.05) is 16.2 Å². The molecular formula is C23H21N5O3S. The van der Waals surface area contributed by atoms with Gasteiger partial charge < -0.3 is 5.32 Å². The Labute approximate surface area is 186 Å². The summed E-state index contributed by atoms with van der Waals surface area (Å²) < 4.78 is 29.4. The van der Waals surface area contributed by atoms with Crippen LogP contribution in [0, 0.1) is 0 Å². The molecule has 0 bridgehead atoms. The second kappa shape index (κ2) is 9.03. The van der Waals surface area contributed by atoms with E-state index in [2.05, 4.69) is 15.6 Å². The van der Waals surface area contributed by atoms with E-state index in [4.69, 9.17) is 0 Å². The van der Waals surface area contributed by atoms with Crippen molar-refractivity contribution >= 4 is 27.3 Å². The van der Waals surface area contributed by atoms with Crippen LogP contribution >= 0.6 is 0 Å². The highest BCUT2D eigenvalue weighted by Crippen LogP contribution is 2.25. The molecule has 0 aliphatic carbocycles. The van der Waals surface area contributed by atoms with Crippen LogP contribution in [0.25, 0.3) is 5.69 Å². The number of rotatable bonds is 7. The van der Waals surface area contributed by atoms with Crippen LogP contribution in [0.2, 0.25) is 0 Å². The van der Waals surface area contributed by atoms with Gasteiger partial charge in [-0.2, -0.15) is 0 Å². The summed E-state index contributed by atoms with van der Waals surface area (Å²) in [4.78, 5) is 13.0. The van der Waals surface area contributed by atoms with Crippen LogP contribution in [-0.4, -0.2) is 35.9 Å². The first-order valence-electron chi connectivity index (χ1n) is 9.95. The number of carbonyl (C=O) groups excluding carboxylic acids is 1. The number of hydrogen-bond acceptors (Lipinski definition) is 5. The largest absolute Gasteiger partial charge is 0.320 e. The van der Waals surface area contributed by atoms with E-state index in [-0.39, 0.29) is 17.0 Å². The van der Waals surface area contributed by atoms with Gasteiger partial charge in [-0.15, -0.1) is 5.10 Å². The third kappa shape index (κ3) is 4.23. The van der Waals surface area contributed by atoms with Crippen LogP contribution in [0.15, 0.2) is 96.2 Å². The van der Waals surface area contributed by atoms with Gasteiger partial charge in [-0.3, -0.25) is 9.10 Å². The average Bonchev–Trinajstić information content (AvgIpc) is 3.35. The van der Waals surface area contributed by atoms with E-state index in [1.807, 2.05) is 12.1 Å². The van der Waals surface area contributed by atoms with Gasteiger partial charge in [-0.25, -0.2) is 13.1 Å². The van der Waals surface area contributed by atoms with Gasteiger partial charge in [0.1, 0.15) is 0 Å². The predicted molar refractivity (Wildman–Crippen MR) is 122 cm³/mol. The molecule has 0 aliphatic rings. The summed E-state index contributed by atoms with van der Waals surface area (Å²) in [6, 6.07) is 22.0. The Hall–Kier alpha value is -3.98.